The number of hydrogen-bond donors (Lipinski definition) is 3. The van der Waals surface area contributed by atoms with Crippen LogP contribution < -0.4 is 16.4 Å². The van der Waals surface area contributed by atoms with E-state index in [1.165, 1.54) is 6.20 Å². The first-order valence-corrected chi connectivity index (χ1v) is 5.84. The average Bonchev–Trinajstić information content (AvgIpc) is 2.36. The van der Waals surface area contributed by atoms with E-state index in [-0.39, 0.29) is 5.91 Å². The van der Waals surface area contributed by atoms with Gasteiger partial charge in [0.25, 0.3) is 5.91 Å². The standard InChI is InChI=1S/C12H18N4O2/c1-3-5-15-10-7-14-6-4-9(10)12(18)16-8(2)11(13)17/h4,6-8,15H,3,5H2,1-2H3,(H2,13,17)(H,16,18). The lowest BCUT2D eigenvalue weighted by Crippen LogP contribution is -2.42. The number of hydrogen-bond acceptors (Lipinski definition) is 4. The molecule has 98 valence electrons. The van der Waals surface area contributed by atoms with Crippen LogP contribution in [0.3, 0.4) is 0 Å². The van der Waals surface area contributed by atoms with Crippen molar-refractivity contribution in [1.29, 1.82) is 0 Å². The molecule has 6 heteroatoms. The molecule has 0 aromatic carbocycles. The molecule has 0 radical (unpaired) electrons. The highest BCUT2D eigenvalue weighted by Crippen LogP contribution is 2.13. The number of rotatable bonds is 6. The van der Waals surface area contributed by atoms with Gasteiger partial charge in [0.15, 0.2) is 0 Å². The summed E-state index contributed by atoms with van der Waals surface area (Å²) in [5.41, 5.74) is 6.20. The fourth-order valence-electron chi connectivity index (χ4n) is 1.34. The highest BCUT2D eigenvalue weighted by atomic mass is 16.2. The van der Waals surface area contributed by atoms with Crippen LogP contribution in [0.2, 0.25) is 0 Å². The molecule has 0 aliphatic rings. The molecule has 0 aliphatic heterocycles. The van der Waals surface area contributed by atoms with Crippen molar-refractivity contribution in [2.24, 2.45) is 5.73 Å². The zero-order chi connectivity index (χ0) is 13.5. The molecule has 1 rings (SSSR count). The van der Waals surface area contributed by atoms with Crippen LogP contribution in [0.1, 0.15) is 30.6 Å². The predicted molar refractivity (Wildman–Crippen MR) is 69.1 cm³/mol. The molecule has 1 heterocycles. The maximum absolute atomic E-state index is 12.0. The zero-order valence-corrected chi connectivity index (χ0v) is 10.6. The molecule has 1 unspecified atom stereocenters. The molecule has 0 fully saturated rings. The van der Waals surface area contributed by atoms with Gasteiger partial charge in [0.1, 0.15) is 6.04 Å². The molecule has 0 saturated carbocycles. The Hall–Kier alpha value is -2.11. The second-order valence-corrected chi connectivity index (χ2v) is 3.95. The quantitative estimate of drug-likeness (QED) is 0.685. The van der Waals surface area contributed by atoms with Crippen LogP contribution in [0.15, 0.2) is 18.5 Å². The first-order valence-electron chi connectivity index (χ1n) is 5.84. The summed E-state index contributed by atoms with van der Waals surface area (Å²) in [7, 11) is 0. The summed E-state index contributed by atoms with van der Waals surface area (Å²) < 4.78 is 0. The smallest absolute Gasteiger partial charge is 0.254 e. The van der Waals surface area contributed by atoms with Crippen molar-refractivity contribution >= 4 is 17.5 Å². The normalized spacial score (nSPS) is 11.7. The van der Waals surface area contributed by atoms with Gasteiger partial charge in [0.2, 0.25) is 5.91 Å². The summed E-state index contributed by atoms with van der Waals surface area (Å²) in [4.78, 5) is 26.8. The lowest BCUT2D eigenvalue weighted by atomic mass is 10.2. The number of primary amides is 1. The summed E-state index contributed by atoms with van der Waals surface area (Å²) in [5.74, 6) is -0.914. The third-order valence-electron chi connectivity index (χ3n) is 2.41. The SMILES string of the molecule is CCCNc1cnccc1C(=O)NC(C)C(N)=O. The largest absolute Gasteiger partial charge is 0.383 e. The van der Waals surface area contributed by atoms with Crippen molar-refractivity contribution in [3.8, 4) is 0 Å². The van der Waals surface area contributed by atoms with Crippen molar-refractivity contribution in [2.75, 3.05) is 11.9 Å². The van der Waals surface area contributed by atoms with Crippen molar-refractivity contribution in [1.82, 2.24) is 10.3 Å². The molecular formula is C12H18N4O2. The van der Waals surface area contributed by atoms with Gasteiger partial charge < -0.3 is 16.4 Å². The van der Waals surface area contributed by atoms with Crippen molar-refractivity contribution in [2.45, 2.75) is 26.3 Å². The fraction of sp³-hybridized carbons (Fsp3) is 0.417. The number of carbonyl (C=O) groups excluding carboxylic acids is 2. The minimum Gasteiger partial charge on any atom is -0.383 e. The van der Waals surface area contributed by atoms with Gasteiger partial charge in [-0.05, 0) is 19.4 Å². The summed E-state index contributed by atoms with van der Waals surface area (Å²) in [6, 6.07) is 0.894. The average molecular weight is 250 g/mol. The molecule has 0 bridgehead atoms. The highest BCUT2D eigenvalue weighted by Gasteiger charge is 2.16. The van der Waals surface area contributed by atoms with E-state index in [0.29, 0.717) is 11.3 Å². The fourth-order valence-corrected chi connectivity index (χ4v) is 1.34. The Morgan fingerprint density at radius 2 is 2.22 bits per heavy atom. The maximum Gasteiger partial charge on any atom is 0.254 e. The topological polar surface area (TPSA) is 97.1 Å². The molecule has 4 N–H and O–H groups in total. The molecule has 18 heavy (non-hydrogen) atoms. The Balaban J connectivity index is 2.81. The highest BCUT2D eigenvalue weighted by molar-refractivity contribution is 6.01. The van der Waals surface area contributed by atoms with Crippen LogP contribution in [0, 0.1) is 0 Å². The number of amides is 2. The molecule has 0 aliphatic carbocycles. The summed E-state index contributed by atoms with van der Waals surface area (Å²) in [6.07, 6.45) is 4.05. The third-order valence-corrected chi connectivity index (χ3v) is 2.41. The van der Waals surface area contributed by atoms with E-state index >= 15 is 0 Å². The van der Waals surface area contributed by atoms with Crippen LogP contribution in [-0.4, -0.2) is 29.4 Å². The summed E-state index contributed by atoms with van der Waals surface area (Å²) in [5, 5.41) is 5.64. The lowest BCUT2D eigenvalue weighted by molar-refractivity contribution is -0.119. The van der Waals surface area contributed by atoms with E-state index in [9.17, 15) is 9.59 Å². The Morgan fingerprint density at radius 1 is 1.50 bits per heavy atom. The van der Waals surface area contributed by atoms with E-state index in [4.69, 9.17) is 5.73 Å². The Kier molecular flexibility index (Phi) is 5.10. The van der Waals surface area contributed by atoms with Gasteiger partial charge in [-0.3, -0.25) is 14.6 Å². The molecule has 0 spiro atoms. The second-order valence-electron chi connectivity index (χ2n) is 3.95. The van der Waals surface area contributed by atoms with Crippen molar-refractivity contribution < 1.29 is 9.59 Å². The second kappa shape index (κ2) is 6.58. The van der Waals surface area contributed by atoms with E-state index in [2.05, 4.69) is 15.6 Å². The van der Waals surface area contributed by atoms with Crippen molar-refractivity contribution in [3.05, 3.63) is 24.0 Å². The van der Waals surface area contributed by atoms with Crippen LogP contribution in [0.25, 0.3) is 0 Å². The minimum atomic E-state index is -0.704. The number of anilines is 1. The number of nitrogens with two attached hydrogens (primary N) is 1. The van der Waals surface area contributed by atoms with Crippen LogP contribution in [-0.2, 0) is 4.79 Å². The Labute approximate surface area is 106 Å². The minimum absolute atomic E-state index is 0.345. The first-order chi connectivity index (χ1) is 8.56. The molecule has 1 aromatic rings. The number of pyridine rings is 1. The van der Waals surface area contributed by atoms with Crippen molar-refractivity contribution in [3.63, 3.8) is 0 Å². The number of aromatic nitrogens is 1. The molecule has 1 atom stereocenters. The van der Waals surface area contributed by atoms with E-state index in [1.807, 2.05) is 6.92 Å². The number of carbonyl (C=O) groups is 2. The lowest BCUT2D eigenvalue weighted by Gasteiger charge is -2.13. The van der Waals surface area contributed by atoms with Crippen LogP contribution in [0.4, 0.5) is 5.69 Å². The van der Waals surface area contributed by atoms with E-state index in [1.54, 1.807) is 19.2 Å². The molecule has 0 saturated heterocycles. The van der Waals surface area contributed by atoms with Gasteiger partial charge in [-0.15, -0.1) is 0 Å². The van der Waals surface area contributed by atoms with Gasteiger partial charge in [0.05, 0.1) is 17.4 Å². The van der Waals surface area contributed by atoms with Gasteiger partial charge in [0, 0.05) is 12.7 Å². The van der Waals surface area contributed by atoms with Crippen LogP contribution in [0.5, 0.6) is 0 Å². The van der Waals surface area contributed by atoms with Gasteiger partial charge in [-0.1, -0.05) is 6.92 Å². The van der Waals surface area contributed by atoms with Gasteiger partial charge in [-0.25, -0.2) is 0 Å². The summed E-state index contributed by atoms with van der Waals surface area (Å²) in [6.45, 7) is 4.32. The first kappa shape index (κ1) is 14.0. The number of nitrogens with zero attached hydrogens (tertiary/aromatic N) is 1. The Bertz CT molecular complexity index is 434. The van der Waals surface area contributed by atoms with E-state index in [0.717, 1.165) is 13.0 Å². The third kappa shape index (κ3) is 3.73. The van der Waals surface area contributed by atoms with Gasteiger partial charge in [-0.2, -0.15) is 0 Å². The van der Waals surface area contributed by atoms with E-state index < -0.39 is 11.9 Å². The Morgan fingerprint density at radius 3 is 2.83 bits per heavy atom. The summed E-state index contributed by atoms with van der Waals surface area (Å²) >= 11 is 0. The van der Waals surface area contributed by atoms with Gasteiger partial charge >= 0.3 is 0 Å². The predicted octanol–water partition coefficient (Wildman–Crippen LogP) is 0.507. The van der Waals surface area contributed by atoms with Crippen LogP contribution >= 0.6 is 0 Å². The molecule has 6 nitrogen and oxygen atoms in total. The molecule has 1 aromatic heterocycles. The maximum atomic E-state index is 12.0. The molecule has 2 amide bonds. The number of nitrogens with one attached hydrogen (secondary N) is 2. The monoisotopic (exact) mass is 250 g/mol. The molecular weight excluding hydrogens is 232 g/mol. The zero-order valence-electron chi connectivity index (χ0n) is 10.6.